The zero-order valence-corrected chi connectivity index (χ0v) is 19.9. The van der Waals surface area contributed by atoms with E-state index in [-0.39, 0.29) is 56.5 Å². The molecule has 0 saturated heterocycles. The molecule has 1 saturated carbocycles. The van der Waals surface area contributed by atoms with Crippen molar-refractivity contribution < 1.29 is 29.0 Å². The highest BCUT2D eigenvalue weighted by Gasteiger charge is 2.31. The molecule has 0 radical (unpaired) electrons. The average Bonchev–Trinajstić information content (AvgIpc) is 3.41. The summed E-state index contributed by atoms with van der Waals surface area (Å²) in [6.45, 7) is 0.458. The van der Waals surface area contributed by atoms with E-state index in [1.165, 1.54) is 34.3 Å². The number of aliphatic carboxylic acids is 1. The predicted octanol–water partition coefficient (Wildman–Crippen LogP) is 3.64. The summed E-state index contributed by atoms with van der Waals surface area (Å²) in [6.07, 6.45) is 2.04. The van der Waals surface area contributed by atoms with Gasteiger partial charge in [0.1, 0.15) is 13.2 Å². The standard InChI is InChI=1S/C27H32N2O6/c1-34-13-12-29(16-26(31)32)25(30)15-18-10-11-19(14-18)28-27(33)35-17-24-22-8-4-2-6-20(22)21-7-3-5-9-23(21)24/h2-9,18-19,24H,10-17H2,1H3,(H,28,33)(H,31,32)/t18-,19+/m0/s1. The van der Waals surface area contributed by atoms with Crippen molar-refractivity contribution in [1.29, 1.82) is 0 Å². The Kier molecular flexibility index (Phi) is 8.02. The second kappa shape index (κ2) is 11.4. The van der Waals surface area contributed by atoms with Crippen LogP contribution < -0.4 is 5.32 Å². The maximum absolute atomic E-state index is 12.6. The lowest BCUT2D eigenvalue weighted by molar-refractivity contribution is -0.145. The zero-order chi connectivity index (χ0) is 24.8. The van der Waals surface area contributed by atoms with E-state index >= 15 is 0 Å². The summed E-state index contributed by atoms with van der Waals surface area (Å²) in [7, 11) is 1.51. The van der Waals surface area contributed by atoms with E-state index in [2.05, 4.69) is 29.6 Å². The molecule has 0 spiro atoms. The first-order valence-electron chi connectivity index (χ1n) is 12.1. The van der Waals surface area contributed by atoms with Crippen LogP contribution in [0.5, 0.6) is 0 Å². The van der Waals surface area contributed by atoms with Crippen molar-refractivity contribution in [3.8, 4) is 11.1 Å². The number of methoxy groups -OCH3 is 1. The van der Waals surface area contributed by atoms with Crippen LogP contribution in [0, 0.1) is 5.92 Å². The van der Waals surface area contributed by atoms with Gasteiger partial charge in [-0.15, -0.1) is 0 Å². The Hall–Kier alpha value is -3.39. The Morgan fingerprint density at radius 1 is 1.03 bits per heavy atom. The van der Waals surface area contributed by atoms with E-state index in [0.717, 1.165) is 12.8 Å². The molecule has 0 aliphatic heterocycles. The minimum absolute atomic E-state index is 0.00872. The number of hydrogen-bond donors (Lipinski definition) is 2. The van der Waals surface area contributed by atoms with E-state index in [1.54, 1.807) is 0 Å². The van der Waals surface area contributed by atoms with Gasteiger partial charge >= 0.3 is 12.1 Å². The smallest absolute Gasteiger partial charge is 0.407 e. The Bertz CT molecular complexity index is 1030. The fourth-order valence-electron chi connectivity index (χ4n) is 5.23. The SMILES string of the molecule is COCCN(CC(=O)O)C(=O)C[C@H]1CC[C@@H](NC(=O)OCC2c3ccccc3-c3ccccc32)C1. The van der Waals surface area contributed by atoms with Gasteiger partial charge in [0.25, 0.3) is 0 Å². The van der Waals surface area contributed by atoms with Gasteiger partial charge in [-0.1, -0.05) is 48.5 Å². The maximum Gasteiger partial charge on any atom is 0.407 e. The second-order valence-corrected chi connectivity index (χ2v) is 9.25. The fourth-order valence-corrected chi connectivity index (χ4v) is 5.23. The van der Waals surface area contributed by atoms with Crippen LogP contribution in [0.4, 0.5) is 4.79 Å². The Morgan fingerprint density at radius 3 is 2.31 bits per heavy atom. The van der Waals surface area contributed by atoms with Crippen LogP contribution in [-0.2, 0) is 19.1 Å². The molecule has 0 bridgehead atoms. The minimum atomic E-state index is -1.05. The quantitative estimate of drug-likeness (QED) is 0.538. The molecular weight excluding hydrogens is 448 g/mol. The lowest BCUT2D eigenvalue weighted by atomic mass is 9.98. The molecule has 0 heterocycles. The predicted molar refractivity (Wildman–Crippen MR) is 130 cm³/mol. The lowest BCUT2D eigenvalue weighted by Crippen LogP contribution is -2.39. The van der Waals surface area contributed by atoms with E-state index in [4.69, 9.17) is 14.6 Å². The van der Waals surface area contributed by atoms with Crippen molar-refractivity contribution >= 4 is 18.0 Å². The minimum Gasteiger partial charge on any atom is -0.480 e. The van der Waals surface area contributed by atoms with Crippen molar-refractivity contribution in [2.45, 2.75) is 37.6 Å². The average molecular weight is 481 g/mol. The number of carbonyl (C=O) groups is 3. The summed E-state index contributed by atoms with van der Waals surface area (Å²) in [4.78, 5) is 37.6. The van der Waals surface area contributed by atoms with Crippen LogP contribution in [0.1, 0.15) is 42.7 Å². The van der Waals surface area contributed by atoms with Crippen molar-refractivity contribution in [2.24, 2.45) is 5.92 Å². The molecule has 2 aromatic carbocycles. The number of rotatable bonds is 10. The number of fused-ring (bicyclic) bond motifs is 3. The van der Waals surface area contributed by atoms with E-state index in [1.807, 2.05) is 24.3 Å². The lowest BCUT2D eigenvalue weighted by Gasteiger charge is -2.22. The van der Waals surface area contributed by atoms with Gasteiger partial charge in [0, 0.05) is 32.0 Å². The largest absolute Gasteiger partial charge is 0.480 e. The molecule has 2 aliphatic rings. The Morgan fingerprint density at radius 2 is 1.69 bits per heavy atom. The van der Waals surface area contributed by atoms with Crippen molar-refractivity contribution in [3.63, 3.8) is 0 Å². The van der Waals surface area contributed by atoms with Gasteiger partial charge < -0.3 is 24.8 Å². The van der Waals surface area contributed by atoms with Crippen LogP contribution in [0.25, 0.3) is 11.1 Å². The highest BCUT2D eigenvalue weighted by Crippen LogP contribution is 2.44. The number of ether oxygens (including phenoxy) is 2. The number of carboxylic acid groups (broad SMARTS) is 1. The van der Waals surface area contributed by atoms with E-state index < -0.39 is 12.1 Å². The van der Waals surface area contributed by atoms with Crippen molar-refractivity contribution in [1.82, 2.24) is 10.2 Å². The normalized spacial score (nSPS) is 18.5. The van der Waals surface area contributed by atoms with Crippen LogP contribution >= 0.6 is 0 Å². The summed E-state index contributed by atoms with van der Waals surface area (Å²) in [5.41, 5.74) is 4.70. The van der Waals surface area contributed by atoms with Gasteiger partial charge in [-0.05, 0) is 47.4 Å². The first-order valence-corrected chi connectivity index (χ1v) is 12.1. The number of nitrogens with one attached hydrogen (secondary N) is 1. The number of hydrogen-bond acceptors (Lipinski definition) is 5. The summed E-state index contributed by atoms with van der Waals surface area (Å²) in [5, 5.41) is 12.0. The summed E-state index contributed by atoms with van der Waals surface area (Å²) < 4.78 is 10.6. The van der Waals surface area contributed by atoms with Gasteiger partial charge in [-0.25, -0.2) is 4.79 Å². The molecule has 4 rings (SSSR count). The van der Waals surface area contributed by atoms with Gasteiger partial charge in [0.2, 0.25) is 5.91 Å². The molecule has 2 aromatic rings. The van der Waals surface area contributed by atoms with Crippen LogP contribution in [0.2, 0.25) is 0 Å². The second-order valence-electron chi connectivity index (χ2n) is 9.25. The van der Waals surface area contributed by atoms with Gasteiger partial charge in [-0.2, -0.15) is 0 Å². The molecule has 1 fully saturated rings. The number of benzene rings is 2. The van der Waals surface area contributed by atoms with Gasteiger partial charge in [0.15, 0.2) is 0 Å². The molecule has 2 N–H and O–H groups in total. The molecule has 2 amide bonds. The number of amides is 2. The summed E-state index contributed by atoms with van der Waals surface area (Å²) in [6, 6.07) is 16.4. The van der Waals surface area contributed by atoms with Crippen LogP contribution in [-0.4, -0.2) is 67.4 Å². The topological polar surface area (TPSA) is 105 Å². The fraction of sp³-hybridized carbons (Fsp3) is 0.444. The highest BCUT2D eigenvalue weighted by molar-refractivity contribution is 5.81. The number of carboxylic acids is 1. The summed E-state index contributed by atoms with van der Waals surface area (Å²) in [5.74, 6) is -1.14. The third-order valence-electron chi connectivity index (χ3n) is 6.91. The van der Waals surface area contributed by atoms with Crippen molar-refractivity contribution in [2.75, 3.05) is 33.4 Å². The highest BCUT2D eigenvalue weighted by atomic mass is 16.5. The number of carbonyl (C=O) groups excluding carboxylic acids is 2. The third kappa shape index (κ3) is 6.00. The van der Waals surface area contributed by atoms with Crippen LogP contribution in [0.3, 0.4) is 0 Å². The molecule has 8 heteroatoms. The molecule has 2 atom stereocenters. The Balaban J connectivity index is 1.26. The maximum atomic E-state index is 12.6. The molecular formula is C27H32N2O6. The number of alkyl carbamates (subject to hydrolysis) is 1. The molecule has 186 valence electrons. The third-order valence-corrected chi connectivity index (χ3v) is 6.91. The van der Waals surface area contributed by atoms with E-state index in [9.17, 15) is 14.4 Å². The van der Waals surface area contributed by atoms with Crippen molar-refractivity contribution in [3.05, 3.63) is 59.7 Å². The molecule has 35 heavy (non-hydrogen) atoms. The first kappa shape index (κ1) is 24.7. The van der Waals surface area contributed by atoms with Gasteiger partial charge in [-0.3, -0.25) is 9.59 Å². The monoisotopic (exact) mass is 480 g/mol. The summed E-state index contributed by atoms with van der Waals surface area (Å²) >= 11 is 0. The molecule has 0 aromatic heterocycles. The van der Waals surface area contributed by atoms with Gasteiger partial charge in [0.05, 0.1) is 6.61 Å². The Labute approximate surface area is 205 Å². The molecule has 0 unspecified atom stereocenters. The zero-order valence-electron chi connectivity index (χ0n) is 19.9. The number of nitrogens with zero attached hydrogens (tertiary/aromatic N) is 1. The van der Waals surface area contributed by atoms with E-state index in [0.29, 0.717) is 6.42 Å². The molecule has 2 aliphatic carbocycles. The first-order chi connectivity index (χ1) is 17.0. The van der Waals surface area contributed by atoms with Crippen LogP contribution in [0.15, 0.2) is 48.5 Å². The molecule has 8 nitrogen and oxygen atoms in total.